The van der Waals surface area contributed by atoms with E-state index >= 15 is 0 Å². The Morgan fingerprint density at radius 2 is 1.85 bits per heavy atom. The molecule has 2 rings (SSSR count). The average molecular weight is 178 g/mol. The summed E-state index contributed by atoms with van der Waals surface area (Å²) in [6, 6.07) is 7.91. The molecule has 0 spiro atoms. The van der Waals surface area contributed by atoms with Crippen LogP contribution in [0.25, 0.3) is 0 Å². The van der Waals surface area contributed by atoms with Crippen molar-refractivity contribution in [3.8, 4) is 0 Å². The predicted molar refractivity (Wildman–Crippen MR) is 46.4 cm³/mol. The van der Waals surface area contributed by atoms with Crippen LogP contribution in [0.1, 0.15) is 11.1 Å². The van der Waals surface area contributed by atoms with Gasteiger partial charge < -0.3 is 4.84 Å². The van der Waals surface area contributed by atoms with Gasteiger partial charge in [-0.2, -0.15) is 5.90 Å². The van der Waals surface area contributed by atoms with Gasteiger partial charge in [0.15, 0.2) is 0 Å². The number of fused-ring (bicyclic) bond motifs is 1. The van der Waals surface area contributed by atoms with Crippen molar-refractivity contribution in [3.05, 3.63) is 35.4 Å². The third-order valence-electron chi connectivity index (χ3n) is 2.20. The standard InChI is InChI=1S/C9H10N2O2/c10-13-9(12)11-5-7-3-1-2-4-8(7)6-11/h1-4H,5-6,10H2. The molecule has 1 aromatic rings. The minimum Gasteiger partial charge on any atom is -0.357 e. The van der Waals surface area contributed by atoms with E-state index < -0.39 is 6.09 Å². The summed E-state index contributed by atoms with van der Waals surface area (Å²) in [7, 11) is 0. The summed E-state index contributed by atoms with van der Waals surface area (Å²) in [6.45, 7) is 1.18. The lowest BCUT2D eigenvalue weighted by atomic mass is 10.1. The van der Waals surface area contributed by atoms with Crippen LogP contribution in [0.15, 0.2) is 24.3 Å². The van der Waals surface area contributed by atoms with Crippen LogP contribution in [-0.2, 0) is 17.9 Å². The van der Waals surface area contributed by atoms with Gasteiger partial charge in [0.25, 0.3) is 0 Å². The van der Waals surface area contributed by atoms with Gasteiger partial charge in [-0.1, -0.05) is 24.3 Å². The number of rotatable bonds is 0. The van der Waals surface area contributed by atoms with Gasteiger partial charge >= 0.3 is 6.09 Å². The fourth-order valence-electron chi connectivity index (χ4n) is 1.54. The van der Waals surface area contributed by atoms with Gasteiger partial charge in [-0.3, -0.25) is 4.90 Å². The molecular weight excluding hydrogens is 168 g/mol. The first-order chi connectivity index (χ1) is 6.31. The predicted octanol–water partition coefficient (Wildman–Crippen LogP) is 1.01. The highest BCUT2D eigenvalue weighted by molar-refractivity contribution is 5.68. The first-order valence-corrected chi connectivity index (χ1v) is 4.03. The molecular formula is C9H10N2O2. The molecule has 1 aliphatic rings. The molecule has 0 aromatic heterocycles. The van der Waals surface area contributed by atoms with E-state index in [-0.39, 0.29) is 0 Å². The van der Waals surface area contributed by atoms with Crippen molar-refractivity contribution in [2.45, 2.75) is 13.1 Å². The van der Waals surface area contributed by atoms with Gasteiger partial charge in [-0.05, 0) is 11.1 Å². The average Bonchev–Trinajstić information content (AvgIpc) is 2.59. The van der Waals surface area contributed by atoms with Crippen LogP contribution in [0.3, 0.4) is 0 Å². The molecule has 1 amide bonds. The van der Waals surface area contributed by atoms with Crippen LogP contribution in [-0.4, -0.2) is 11.0 Å². The molecule has 0 bridgehead atoms. The first-order valence-electron chi connectivity index (χ1n) is 4.03. The van der Waals surface area contributed by atoms with Crippen LogP contribution in [0.5, 0.6) is 0 Å². The largest absolute Gasteiger partial charge is 0.429 e. The van der Waals surface area contributed by atoms with Crippen molar-refractivity contribution in [2.75, 3.05) is 0 Å². The highest BCUT2D eigenvalue weighted by atomic mass is 16.7. The molecule has 4 heteroatoms. The number of nitrogens with two attached hydrogens (primary N) is 1. The smallest absolute Gasteiger partial charge is 0.357 e. The Bertz CT molecular complexity index is 313. The lowest BCUT2D eigenvalue weighted by Gasteiger charge is -2.11. The molecule has 0 atom stereocenters. The van der Waals surface area contributed by atoms with E-state index in [1.807, 2.05) is 24.3 Å². The van der Waals surface area contributed by atoms with Crippen molar-refractivity contribution in [1.82, 2.24) is 4.90 Å². The molecule has 68 valence electrons. The highest BCUT2D eigenvalue weighted by Crippen LogP contribution is 2.22. The van der Waals surface area contributed by atoms with Crippen LogP contribution in [0, 0.1) is 0 Å². The zero-order valence-electron chi connectivity index (χ0n) is 7.06. The number of carbonyl (C=O) groups excluding carboxylic acids is 1. The van der Waals surface area contributed by atoms with Crippen LogP contribution in [0.4, 0.5) is 4.79 Å². The molecule has 0 aliphatic carbocycles. The van der Waals surface area contributed by atoms with Gasteiger partial charge in [0.05, 0.1) is 0 Å². The number of benzene rings is 1. The summed E-state index contributed by atoms with van der Waals surface area (Å²) in [6.07, 6.45) is -0.476. The molecule has 1 aromatic carbocycles. The van der Waals surface area contributed by atoms with Gasteiger partial charge in [-0.25, -0.2) is 4.79 Å². The minimum atomic E-state index is -0.476. The van der Waals surface area contributed by atoms with Gasteiger partial charge in [0, 0.05) is 13.1 Å². The molecule has 0 fully saturated rings. The monoisotopic (exact) mass is 178 g/mol. The molecule has 1 aliphatic heterocycles. The summed E-state index contributed by atoms with van der Waals surface area (Å²) in [5.41, 5.74) is 2.32. The normalized spacial score (nSPS) is 14.1. The Morgan fingerprint density at radius 1 is 1.31 bits per heavy atom. The Kier molecular flexibility index (Phi) is 1.90. The fourth-order valence-corrected chi connectivity index (χ4v) is 1.54. The maximum atomic E-state index is 11.1. The molecule has 4 nitrogen and oxygen atoms in total. The van der Waals surface area contributed by atoms with Crippen molar-refractivity contribution >= 4 is 6.09 Å². The Morgan fingerprint density at radius 3 is 2.31 bits per heavy atom. The third-order valence-corrected chi connectivity index (χ3v) is 2.20. The number of hydrogen-bond donors (Lipinski definition) is 1. The number of amides is 1. The zero-order valence-corrected chi connectivity index (χ0v) is 7.06. The first kappa shape index (κ1) is 8.07. The molecule has 0 unspecified atom stereocenters. The second-order valence-corrected chi connectivity index (χ2v) is 3.01. The lowest BCUT2D eigenvalue weighted by molar-refractivity contribution is 0.102. The third kappa shape index (κ3) is 1.36. The Labute approximate surface area is 75.8 Å². The molecule has 0 radical (unpaired) electrons. The molecule has 0 saturated carbocycles. The van der Waals surface area contributed by atoms with Gasteiger partial charge in [0.1, 0.15) is 0 Å². The van der Waals surface area contributed by atoms with Crippen LogP contribution in [0.2, 0.25) is 0 Å². The molecule has 0 saturated heterocycles. The number of hydrogen-bond acceptors (Lipinski definition) is 3. The van der Waals surface area contributed by atoms with E-state index in [1.165, 1.54) is 0 Å². The van der Waals surface area contributed by atoms with E-state index in [1.54, 1.807) is 4.90 Å². The summed E-state index contributed by atoms with van der Waals surface area (Å²) >= 11 is 0. The second-order valence-electron chi connectivity index (χ2n) is 3.01. The van der Waals surface area contributed by atoms with Gasteiger partial charge in [0.2, 0.25) is 0 Å². The summed E-state index contributed by atoms with van der Waals surface area (Å²) < 4.78 is 0. The summed E-state index contributed by atoms with van der Waals surface area (Å²) in [5.74, 6) is 4.80. The van der Waals surface area contributed by atoms with Gasteiger partial charge in [-0.15, -0.1) is 0 Å². The van der Waals surface area contributed by atoms with E-state index in [4.69, 9.17) is 5.90 Å². The maximum Gasteiger partial charge on any atom is 0.429 e. The second kappa shape index (κ2) is 3.06. The Hall–Kier alpha value is -1.55. The summed E-state index contributed by atoms with van der Waals surface area (Å²) in [4.78, 5) is 16.8. The number of nitrogens with zero attached hydrogens (tertiary/aromatic N) is 1. The van der Waals surface area contributed by atoms with E-state index in [0.29, 0.717) is 13.1 Å². The van der Waals surface area contributed by atoms with Crippen LogP contribution < -0.4 is 5.90 Å². The number of carbonyl (C=O) groups is 1. The zero-order chi connectivity index (χ0) is 9.26. The SMILES string of the molecule is NOC(=O)N1Cc2ccccc2C1. The molecule has 2 N–H and O–H groups in total. The Balaban J connectivity index is 2.18. The minimum absolute atomic E-state index is 0.476. The van der Waals surface area contributed by atoms with E-state index in [2.05, 4.69) is 4.84 Å². The highest BCUT2D eigenvalue weighted by Gasteiger charge is 2.23. The van der Waals surface area contributed by atoms with Crippen LogP contribution >= 0.6 is 0 Å². The lowest BCUT2D eigenvalue weighted by Crippen LogP contribution is -2.28. The molecule has 13 heavy (non-hydrogen) atoms. The van der Waals surface area contributed by atoms with E-state index in [0.717, 1.165) is 11.1 Å². The van der Waals surface area contributed by atoms with E-state index in [9.17, 15) is 4.79 Å². The molecule has 1 heterocycles. The maximum absolute atomic E-state index is 11.1. The van der Waals surface area contributed by atoms with Crippen molar-refractivity contribution in [3.63, 3.8) is 0 Å². The fraction of sp³-hybridized carbons (Fsp3) is 0.222. The van der Waals surface area contributed by atoms with Crippen molar-refractivity contribution in [2.24, 2.45) is 5.90 Å². The topological polar surface area (TPSA) is 55.6 Å². The van der Waals surface area contributed by atoms with Crippen molar-refractivity contribution < 1.29 is 9.63 Å². The summed E-state index contributed by atoms with van der Waals surface area (Å²) in [5, 5.41) is 0. The quantitative estimate of drug-likeness (QED) is 0.603. The van der Waals surface area contributed by atoms with Crippen molar-refractivity contribution in [1.29, 1.82) is 0 Å².